The van der Waals surface area contributed by atoms with Gasteiger partial charge in [-0.3, -0.25) is 4.79 Å². The second kappa shape index (κ2) is 5.22. The Morgan fingerprint density at radius 3 is 2.74 bits per heavy atom. The van der Waals surface area contributed by atoms with E-state index in [1.165, 1.54) is 0 Å². The molecule has 0 spiro atoms. The second-order valence-electron chi connectivity index (χ2n) is 4.68. The van der Waals surface area contributed by atoms with Gasteiger partial charge in [0.05, 0.1) is 12.5 Å². The van der Waals surface area contributed by atoms with E-state index in [1.807, 2.05) is 39.0 Å². The summed E-state index contributed by atoms with van der Waals surface area (Å²) in [4.78, 5) is 11.9. The molecule has 2 rings (SSSR count). The molecule has 1 aromatic rings. The Kier molecular flexibility index (Phi) is 3.81. The molecular formula is C16H17ClO2. The number of allylic oxidation sites excluding steroid dienone is 2. The van der Waals surface area contributed by atoms with Crippen molar-refractivity contribution in [2.24, 2.45) is 5.92 Å². The highest BCUT2D eigenvalue weighted by Gasteiger charge is 2.30. The first-order valence-electron chi connectivity index (χ1n) is 6.34. The van der Waals surface area contributed by atoms with E-state index in [4.69, 9.17) is 16.3 Å². The van der Waals surface area contributed by atoms with E-state index in [0.717, 1.165) is 27.8 Å². The van der Waals surface area contributed by atoms with Crippen molar-refractivity contribution < 1.29 is 9.53 Å². The fourth-order valence-corrected chi connectivity index (χ4v) is 2.68. The van der Waals surface area contributed by atoms with Gasteiger partial charge in [-0.15, -0.1) is 0 Å². The summed E-state index contributed by atoms with van der Waals surface area (Å²) >= 11 is 6.02. The molecule has 2 nitrogen and oxygen atoms in total. The van der Waals surface area contributed by atoms with Crippen LogP contribution >= 0.6 is 11.6 Å². The molecule has 1 aliphatic rings. The Balaban J connectivity index is 2.47. The van der Waals surface area contributed by atoms with Crippen LogP contribution in [0.3, 0.4) is 0 Å². The predicted molar refractivity (Wildman–Crippen MR) is 78.9 cm³/mol. The number of carbonyl (C=O) groups is 1. The van der Waals surface area contributed by atoms with Crippen molar-refractivity contribution in [2.75, 3.05) is 6.61 Å². The number of ether oxygens (including phenoxy) is 1. The van der Waals surface area contributed by atoms with Crippen molar-refractivity contribution in [1.29, 1.82) is 0 Å². The van der Waals surface area contributed by atoms with Gasteiger partial charge in [0.15, 0.2) is 0 Å². The number of halogens is 1. The number of carbonyl (C=O) groups excluding carboxylic acids is 1. The van der Waals surface area contributed by atoms with Crippen LogP contribution in [-0.2, 0) is 9.53 Å². The first-order chi connectivity index (χ1) is 8.97. The number of benzene rings is 1. The molecule has 0 saturated heterocycles. The lowest BCUT2D eigenvalue weighted by atomic mass is 9.94. The number of rotatable bonds is 3. The zero-order valence-corrected chi connectivity index (χ0v) is 12.2. The maximum absolute atomic E-state index is 11.9. The van der Waals surface area contributed by atoms with Gasteiger partial charge in [-0.05, 0) is 60.8 Å². The molecule has 3 heteroatoms. The molecule has 0 radical (unpaired) electrons. The fraction of sp³-hybridized carbons (Fsp3) is 0.312. The molecule has 1 atom stereocenters. The number of hydrogen-bond donors (Lipinski definition) is 0. The second-order valence-corrected chi connectivity index (χ2v) is 5.12. The lowest BCUT2D eigenvalue weighted by Crippen LogP contribution is -2.16. The highest BCUT2D eigenvalue weighted by atomic mass is 35.5. The average molecular weight is 277 g/mol. The van der Waals surface area contributed by atoms with Gasteiger partial charge in [-0.1, -0.05) is 24.2 Å². The number of hydrogen-bond acceptors (Lipinski definition) is 2. The standard InChI is InChI=1S/C16H17ClO2/c1-5-19-16(18)11(4)15-10(3)9(2)14-8-12(17)6-7-13(14)15/h6-8,11H,2,5H2,1,3-4H3. The van der Waals surface area contributed by atoms with Gasteiger partial charge in [-0.2, -0.15) is 0 Å². The lowest BCUT2D eigenvalue weighted by molar-refractivity contribution is -0.145. The minimum absolute atomic E-state index is 0.201. The minimum Gasteiger partial charge on any atom is -0.466 e. The molecule has 0 fully saturated rings. The Labute approximate surface area is 118 Å². The monoisotopic (exact) mass is 276 g/mol. The molecule has 1 unspecified atom stereocenters. The van der Waals surface area contributed by atoms with Crippen LogP contribution in [0.15, 0.2) is 30.4 Å². The first-order valence-corrected chi connectivity index (χ1v) is 6.72. The summed E-state index contributed by atoms with van der Waals surface area (Å²) in [5.74, 6) is -0.494. The van der Waals surface area contributed by atoms with E-state index in [-0.39, 0.29) is 11.9 Å². The van der Waals surface area contributed by atoms with E-state index in [2.05, 4.69) is 6.58 Å². The van der Waals surface area contributed by atoms with Crippen molar-refractivity contribution in [2.45, 2.75) is 20.8 Å². The molecule has 0 amide bonds. The van der Waals surface area contributed by atoms with Gasteiger partial charge in [0.2, 0.25) is 0 Å². The summed E-state index contributed by atoms with van der Waals surface area (Å²) in [5.41, 5.74) is 5.01. The predicted octanol–water partition coefficient (Wildman–Crippen LogP) is 4.34. The van der Waals surface area contributed by atoms with Crippen LogP contribution in [0.25, 0.3) is 11.1 Å². The molecule has 0 N–H and O–H groups in total. The molecule has 0 aromatic heterocycles. The van der Waals surface area contributed by atoms with Gasteiger partial charge in [0.1, 0.15) is 0 Å². The van der Waals surface area contributed by atoms with E-state index in [9.17, 15) is 4.79 Å². The van der Waals surface area contributed by atoms with Gasteiger partial charge in [0.25, 0.3) is 0 Å². The Morgan fingerprint density at radius 1 is 1.42 bits per heavy atom. The SMILES string of the molecule is C=C1C(C)=C(C(C)C(=O)OCC)c2ccc(Cl)cc21. The quantitative estimate of drug-likeness (QED) is 0.768. The van der Waals surface area contributed by atoms with Crippen molar-refractivity contribution >= 4 is 28.7 Å². The van der Waals surface area contributed by atoms with E-state index < -0.39 is 0 Å². The van der Waals surface area contributed by atoms with Crippen molar-refractivity contribution in [3.8, 4) is 0 Å². The van der Waals surface area contributed by atoms with E-state index in [1.54, 1.807) is 0 Å². The van der Waals surface area contributed by atoms with Crippen LogP contribution in [0.2, 0.25) is 5.02 Å². The van der Waals surface area contributed by atoms with Crippen LogP contribution in [0.1, 0.15) is 31.9 Å². The molecule has 19 heavy (non-hydrogen) atoms. The van der Waals surface area contributed by atoms with Gasteiger partial charge < -0.3 is 4.74 Å². The molecule has 0 heterocycles. The maximum atomic E-state index is 11.9. The summed E-state index contributed by atoms with van der Waals surface area (Å²) < 4.78 is 5.11. The summed E-state index contributed by atoms with van der Waals surface area (Å²) in [5, 5.41) is 0.678. The Bertz CT molecular complexity index is 584. The molecule has 1 aliphatic carbocycles. The van der Waals surface area contributed by atoms with Crippen LogP contribution in [0.5, 0.6) is 0 Å². The molecule has 0 aliphatic heterocycles. The largest absolute Gasteiger partial charge is 0.466 e. The molecule has 1 aromatic carbocycles. The van der Waals surface area contributed by atoms with Crippen molar-refractivity contribution in [3.63, 3.8) is 0 Å². The molecular weight excluding hydrogens is 260 g/mol. The van der Waals surface area contributed by atoms with Crippen LogP contribution in [0.4, 0.5) is 0 Å². The highest BCUT2D eigenvalue weighted by Crippen LogP contribution is 2.44. The van der Waals surface area contributed by atoms with Gasteiger partial charge in [0, 0.05) is 5.02 Å². The zero-order valence-electron chi connectivity index (χ0n) is 11.4. The Hall–Kier alpha value is -1.54. The highest BCUT2D eigenvalue weighted by molar-refractivity contribution is 6.31. The first kappa shape index (κ1) is 13.9. The number of esters is 1. The molecule has 100 valence electrons. The van der Waals surface area contributed by atoms with Gasteiger partial charge >= 0.3 is 5.97 Å². The third kappa shape index (κ3) is 2.33. The summed E-state index contributed by atoms with van der Waals surface area (Å²) in [6.45, 7) is 10.1. The van der Waals surface area contributed by atoms with Crippen LogP contribution in [0, 0.1) is 5.92 Å². The van der Waals surface area contributed by atoms with Gasteiger partial charge in [-0.25, -0.2) is 0 Å². The Morgan fingerprint density at radius 2 is 2.11 bits per heavy atom. The summed E-state index contributed by atoms with van der Waals surface area (Å²) in [6.07, 6.45) is 0. The van der Waals surface area contributed by atoms with Crippen LogP contribution < -0.4 is 0 Å². The van der Waals surface area contributed by atoms with E-state index >= 15 is 0 Å². The van der Waals surface area contributed by atoms with Crippen molar-refractivity contribution in [3.05, 3.63) is 46.5 Å². The fourth-order valence-electron chi connectivity index (χ4n) is 2.51. The zero-order chi connectivity index (χ0) is 14.2. The smallest absolute Gasteiger partial charge is 0.313 e. The number of fused-ring (bicyclic) bond motifs is 1. The van der Waals surface area contributed by atoms with E-state index in [0.29, 0.717) is 11.6 Å². The lowest BCUT2D eigenvalue weighted by Gasteiger charge is -2.14. The van der Waals surface area contributed by atoms with Crippen molar-refractivity contribution in [1.82, 2.24) is 0 Å². The summed E-state index contributed by atoms with van der Waals surface area (Å²) in [6, 6.07) is 5.68. The average Bonchev–Trinajstić information content (AvgIpc) is 2.62. The maximum Gasteiger partial charge on any atom is 0.313 e. The molecule has 0 bridgehead atoms. The minimum atomic E-state index is -0.292. The summed E-state index contributed by atoms with van der Waals surface area (Å²) in [7, 11) is 0. The molecule has 0 saturated carbocycles. The third-order valence-corrected chi connectivity index (χ3v) is 3.76. The topological polar surface area (TPSA) is 26.3 Å². The van der Waals surface area contributed by atoms with Crippen LogP contribution in [-0.4, -0.2) is 12.6 Å². The normalized spacial score (nSPS) is 15.5. The third-order valence-electron chi connectivity index (χ3n) is 3.53.